The van der Waals surface area contributed by atoms with E-state index in [1.54, 1.807) is 0 Å². The van der Waals surface area contributed by atoms with Crippen LogP contribution in [0, 0.1) is 0 Å². The van der Waals surface area contributed by atoms with Crippen LogP contribution in [0.1, 0.15) is 38.7 Å². The summed E-state index contributed by atoms with van der Waals surface area (Å²) in [5.41, 5.74) is 7.22. The van der Waals surface area contributed by atoms with Crippen LogP contribution in [0.2, 0.25) is 0 Å². The highest BCUT2D eigenvalue weighted by Crippen LogP contribution is 2.29. The molecule has 2 unspecified atom stereocenters. The van der Waals surface area contributed by atoms with Crippen molar-refractivity contribution < 1.29 is 9.53 Å². The summed E-state index contributed by atoms with van der Waals surface area (Å²) in [5.74, 6) is -0.297. The van der Waals surface area contributed by atoms with Gasteiger partial charge < -0.3 is 15.8 Å². The van der Waals surface area contributed by atoms with Crippen molar-refractivity contribution >= 4 is 11.6 Å². The Morgan fingerprint density at radius 3 is 2.75 bits per heavy atom. The quantitative estimate of drug-likeness (QED) is 0.868. The zero-order valence-corrected chi connectivity index (χ0v) is 12.3. The predicted octanol–water partition coefficient (Wildman–Crippen LogP) is 2.47. The van der Waals surface area contributed by atoms with Crippen molar-refractivity contribution in [1.82, 2.24) is 0 Å². The molecule has 0 saturated carbocycles. The van der Waals surface area contributed by atoms with Crippen molar-refractivity contribution in [3.8, 4) is 0 Å². The first kappa shape index (κ1) is 14.9. The number of hydrogen-bond acceptors (Lipinski definition) is 3. The third-order valence-electron chi connectivity index (χ3n) is 4.05. The first-order valence-corrected chi connectivity index (χ1v) is 7.28. The Balaban J connectivity index is 1.94. The average Bonchev–Trinajstić information content (AvgIpc) is 2.41. The third-order valence-corrected chi connectivity index (χ3v) is 4.05. The predicted molar refractivity (Wildman–Crippen MR) is 80.6 cm³/mol. The topological polar surface area (TPSA) is 64.3 Å². The Morgan fingerprint density at radius 2 is 2.15 bits per heavy atom. The molecule has 2 rings (SSSR count). The Morgan fingerprint density at radius 1 is 1.45 bits per heavy atom. The molecule has 1 amide bonds. The van der Waals surface area contributed by atoms with Gasteiger partial charge in [0.25, 0.3) is 0 Å². The Kier molecular flexibility index (Phi) is 4.65. The summed E-state index contributed by atoms with van der Waals surface area (Å²) < 4.78 is 5.85. The van der Waals surface area contributed by atoms with E-state index in [1.165, 1.54) is 0 Å². The van der Waals surface area contributed by atoms with E-state index in [-0.39, 0.29) is 11.5 Å². The lowest BCUT2D eigenvalue weighted by atomic mass is 9.90. The summed E-state index contributed by atoms with van der Waals surface area (Å²) in [4.78, 5) is 10.9. The maximum absolute atomic E-state index is 10.9. The van der Waals surface area contributed by atoms with Gasteiger partial charge in [0.15, 0.2) is 0 Å². The fraction of sp³-hybridized carbons (Fsp3) is 0.562. The molecule has 0 spiro atoms. The zero-order chi connectivity index (χ0) is 14.6. The number of carbonyl (C=O) groups excluding carboxylic acids is 1. The maximum Gasteiger partial charge on any atom is 0.221 e. The molecule has 1 aromatic rings. The first-order chi connectivity index (χ1) is 9.50. The summed E-state index contributed by atoms with van der Waals surface area (Å²) in [6.45, 7) is 5.15. The second-order valence-electron chi connectivity index (χ2n) is 5.83. The summed E-state index contributed by atoms with van der Waals surface area (Å²) in [6, 6.07) is 8.36. The van der Waals surface area contributed by atoms with Crippen molar-refractivity contribution in [1.29, 1.82) is 0 Å². The lowest BCUT2D eigenvalue weighted by Crippen LogP contribution is -2.41. The molecule has 4 heteroatoms. The van der Waals surface area contributed by atoms with Gasteiger partial charge in [-0.1, -0.05) is 19.1 Å². The smallest absolute Gasteiger partial charge is 0.221 e. The number of amides is 1. The molecule has 4 nitrogen and oxygen atoms in total. The standard InChI is InChI=1S/C16H24N2O2/c1-3-16(2)11-14(8-9-20-16)18-13-6-4-12(5-7-13)10-15(17)19/h4-7,14,18H,3,8-11H2,1-2H3,(H2,17,19). The van der Waals surface area contributed by atoms with Gasteiger partial charge in [-0.2, -0.15) is 0 Å². The summed E-state index contributed by atoms with van der Waals surface area (Å²) in [7, 11) is 0. The SMILES string of the molecule is CCC1(C)CC(Nc2ccc(CC(N)=O)cc2)CCO1. The normalized spacial score (nSPS) is 26.2. The minimum atomic E-state index is -0.297. The zero-order valence-electron chi connectivity index (χ0n) is 12.3. The molecular formula is C16H24N2O2. The minimum Gasteiger partial charge on any atom is -0.382 e. The van der Waals surface area contributed by atoms with Gasteiger partial charge in [-0.15, -0.1) is 0 Å². The third kappa shape index (κ3) is 3.97. The van der Waals surface area contributed by atoms with Crippen molar-refractivity contribution in [3.05, 3.63) is 29.8 Å². The lowest BCUT2D eigenvalue weighted by molar-refractivity contribution is -0.117. The van der Waals surface area contributed by atoms with Gasteiger partial charge in [-0.3, -0.25) is 4.79 Å². The van der Waals surface area contributed by atoms with E-state index in [9.17, 15) is 4.79 Å². The molecule has 1 aliphatic rings. The molecular weight excluding hydrogens is 252 g/mol. The van der Waals surface area contributed by atoms with E-state index in [2.05, 4.69) is 19.2 Å². The van der Waals surface area contributed by atoms with Crippen molar-refractivity contribution in [2.24, 2.45) is 5.73 Å². The van der Waals surface area contributed by atoms with Gasteiger partial charge in [-0.25, -0.2) is 0 Å². The highest BCUT2D eigenvalue weighted by molar-refractivity contribution is 5.76. The van der Waals surface area contributed by atoms with Crippen LogP contribution in [-0.4, -0.2) is 24.2 Å². The number of nitrogens with two attached hydrogens (primary N) is 1. The van der Waals surface area contributed by atoms with E-state index in [0.717, 1.165) is 37.1 Å². The highest BCUT2D eigenvalue weighted by Gasteiger charge is 2.31. The largest absolute Gasteiger partial charge is 0.382 e. The van der Waals surface area contributed by atoms with Crippen LogP contribution in [0.15, 0.2) is 24.3 Å². The molecule has 1 aromatic carbocycles. The molecule has 1 fully saturated rings. The highest BCUT2D eigenvalue weighted by atomic mass is 16.5. The number of primary amides is 1. The Labute approximate surface area is 120 Å². The monoisotopic (exact) mass is 276 g/mol. The fourth-order valence-corrected chi connectivity index (χ4v) is 2.66. The summed E-state index contributed by atoms with van der Waals surface area (Å²) in [5, 5.41) is 3.55. The molecule has 0 bridgehead atoms. The number of nitrogens with one attached hydrogen (secondary N) is 1. The van der Waals surface area contributed by atoms with Crippen molar-refractivity contribution in [3.63, 3.8) is 0 Å². The van der Waals surface area contributed by atoms with E-state index < -0.39 is 0 Å². The van der Waals surface area contributed by atoms with Crippen LogP contribution >= 0.6 is 0 Å². The number of hydrogen-bond donors (Lipinski definition) is 2. The molecule has 0 radical (unpaired) electrons. The molecule has 1 heterocycles. The van der Waals surface area contributed by atoms with Crippen LogP contribution < -0.4 is 11.1 Å². The molecule has 1 aliphatic heterocycles. The average molecular weight is 276 g/mol. The number of anilines is 1. The van der Waals surface area contributed by atoms with Gasteiger partial charge >= 0.3 is 0 Å². The Bertz CT molecular complexity index is 458. The lowest BCUT2D eigenvalue weighted by Gasteiger charge is -2.38. The molecule has 1 saturated heterocycles. The fourth-order valence-electron chi connectivity index (χ4n) is 2.66. The summed E-state index contributed by atoms with van der Waals surface area (Å²) >= 11 is 0. The number of benzene rings is 1. The molecule has 2 atom stereocenters. The van der Waals surface area contributed by atoms with Crippen LogP contribution in [0.3, 0.4) is 0 Å². The van der Waals surface area contributed by atoms with Gasteiger partial charge in [0.05, 0.1) is 12.0 Å². The van der Waals surface area contributed by atoms with E-state index in [4.69, 9.17) is 10.5 Å². The van der Waals surface area contributed by atoms with Gasteiger partial charge in [0, 0.05) is 18.3 Å². The van der Waals surface area contributed by atoms with Crippen LogP contribution in [0.4, 0.5) is 5.69 Å². The van der Waals surface area contributed by atoms with Crippen molar-refractivity contribution in [2.75, 3.05) is 11.9 Å². The molecule has 0 aliphatic carbocycles. The van der Waals surface area contributed by atoms with Crippen LogP contribution in [-0.2, 0) is 16.0 Å². The van der Waals surface area contributed by atoms with Gasteiger partial charge in [0.2, 0.25) is 5.91 Å². The Hall–Kier alpha value is -1.55. The number of rotatable bonds is 5. The maximum atomic E-state index is 10.9. The second kappa shape index (κ2) is 6.27. The van der Waals surface area contributed by atoms with Crippen LogP contribution in [0.25, 0.3) is 0 Å². The molecule has 0 aromatic heterocycles. The molecule has 20 heavy (non-hydrogen) atoms. The minimum absolute atomic E-state index is 0.0121. The van der Waals surface area contributed by atoms with Crippen molar-refractivity contribution in [2.45, 2.75) is 51.2 Å². The molecule has 110 valence electrons. The molecule has 3 N–H and O–H groups in total. The first-order valence-electron chi connectivity index (χ1n) is 7.28. The summed E-state index contributed by atoms with van der Waals surface area (Å²) in [6.07, 6.45) is 3.37. The van der Waals surface area contributed by atoms with E-state index >= 15 is 0 Å². The second-order valence-corrected chi connectivity index (χ2v) is 5.83. The van der Waals surface area contributed by atoms with Gasteiger partial charge in [0.1, 0.15) is 0 Å². The number of ether oxygens (including phenoxy) is 1. The van der Waals surface area contributed by atoms with E-state index in [0.29, 0.717) is 12.5 Å². The number of carbonyl (C=O) groups is 1. The van der Waals surface area contributed by atoms with Gasteiger partial charge in [-0.05, 0) is 43.9 Å². The van der Waals surface area contributed by atoms with E-state index in [1.807, 2.05) is 24.3 Å². The van der Waals surface area contributed by atoms with Crippen LogP contribution in [0.5, 0.6) is 0 Å².